The van der Waals surface area contributed by atoms with Crippen molar-refractivity contribution in [1.82, 2.24) is 10.2 Å². The number of hydrogen-bond donors (Lipinski definition) is 9. The van der Waals surface area contributed by atoms with Gasteiger partial charge in [0.15, 0.2) is 12.6 Å². The number of carbonyl (C=O) groups is 2. The molecule has 3 fully saturated rings. The first-order chi connectivity index (χ1) is 26.8. The van der Waals surface area contributed by atoms with Crippen LogP contribution in [-0.4, -0.2) is 176 Å². The lowest BCUT2D eigenvalue weighted by molar-refractivity contribution is -0.528. The van der Waals surface area contributed by atoms with E-state index in [0.717, 1.165) is 32.6 Å². The molecule has 2 amide bonds. The number of amides is 2. The number of ether oxygens (including phenoxy) is 5. The van der Waals surface area contributed by atoms with Crippen molar-refractivity contribution in [3.63, 3.8) is 0 Å². The van der Waals surface area contributed by atoms with Crippen LogP contribution < -0.4 is 10.4 Å². The van der Waals surface area contributed by atoms with Gasteiger partial charge in [0, 0.05) is 26.7 Å². The van der Waals surface area contributed by atoms with Crippen molar-refractivity contribution >= 4 is 11.8 Å². The highest BCUT2D eigenvalue weighted by Gasteiger charge is 2.53. The van der Waals surface area contributed by atoms with E-state index in [-0.39, 0.29) is 6.54 Å². The lowest BCUT2D eigenvalue weighted by Crippen LogP contribution is -2.70. The molecule has 3 aliphatic heterocycles. The van der Waals surface area contributed by atoms with Crippen LogP contribution in [-0.2, 0) is 33.3 Å². The first-order valence-corrected chi connectivity index (χ1v) is 20.5. The Kier molecular flexibility index (Phi) is 21.9. The molecule has 0 spiro atoms. The zero-order valence-electron chi connectivity index (χ0n) is 33.2. The van der Waals surface area contributed by atoms with E-state index in [9.17, 15) is 55.5 Å². The number of rotatable bonds is 24. The largest absolute Gasteiger partial charge is 0.829 e. The molecule has 0 aromatic heterocycles. The molecule has 9 N–H and O–H groups in total. The first-order valence-electron chi connectivity index (χ1n) is 20.5. The molecule has 56 heavy (non-hydrogen) atoms. The van der Waals surface area contributed by atoms with Crippen molar-refractivity contribution in [3.8, 4) is 0 Å². The van der Waals surface area contributed by atoms with Crippen LogP contribution in [0.4, 0.5) is 0 Å². The average molecular weight is 810 g/mol. The van der Waals surface area contributed by atoms with Crippen LogP contribution in [0.25, 0.3) is 0 Å². The van der Waals surface area contributed by atoms with E-state index in [4.69, 9.17) is 23.7 Å². The number of hydrogen-bond acceptors (Lipinski definition) is 16. The fourth-order valence-electron chi connectivity index (χ4n) is 7.77. The Morgan fingerprint density at radius 3 is 1.57 bits per heavy atom. The third-order valence-corrected chi connectivity index (χ3v) is 11.0. The summed E-state index contributed by atoms with van der Waals surface area (Å²) in [7, 11) is 0. The van der Waals surface area contributed by atoms with Crippen LogP contribution in [0, 0.1) is 0 Å². The van der Waals surface area contributed by atoms with Crippen LogP contribution in [0.3, 0.4) is 0 Å². The van der Waals surface area contributed by atoms with Crippen molar-refractivity contribution in [3.05, 3.63) is 0 Å². The lowest BCUT2D eigenvalue weighted by atomic mass is 9.94. The van der Waals surface area contributed by atoms with Crippen LogP contribution in [0.5, 0.6) is 0 Å². The number of nitrogens with zero attached hydrogens (tertiary/aromatic N) is 1. The molecule has 3 saturated heterocycles. The van der Waals surface area contributed by atoms with Gasteiger partial charge in [0.1, 0.15) is 67.1 Å². The van der Waals surface area contributed by atoms with Gasteiger partial charge in [-0.25, -0.2) is 0 Å². The SMILES string of the molecule is CCCCCCCCCCCCCCCCN(C(C)=O)[C@@H]1[C@@H](O)[C@H](O[C@@H]2O[C@H](CO)[C@H](O[C@H]3O[C@H](CO)[C@@H](O)[C@H](O)[C@H]3NC(C)=O)[C@H](O)[C@H]2O)[C@@H](CO)O[C@H]1[O-]. The van der Waals surface area contributed by atoms with Gasteiger partial charge in [-0.05, 0) is 6.42 Å². The van der Waals surface area contributed by atoms with Gasteiger partial charge in [-0.2, -0.15) is 0 Å². The molecule has 328 valence electrons. The van der Waals surface area contributed by atoms with Crippen molar-refractivity contribution < 1.29 is 79.2 Å². The quantitative estimate of drug-likeness (QED) is 0.0490. The van der Waals surface area contributed by atoms with E-state index in [1.165, 1.54) is 69.6 Å². The van der Waals surface area contributed by atoms with Crippen LogP contribution in [0.2, 0.25) is 0 Å². The second-order valence-corrected chi connectivity index (χ2v) is 15.4. The third-order valence-electron chi connectivity index (χ3n) is 11.0. The van der Waals surface area contributed by atoms with E-state index in [0.29, 0.717) is 6.42 Å². The van der Waals surface area contributed by atoms with Crippen molar-refractivity contribution in [2.75, 3.05) is 26.4 Å². The number of carbonyl (C=O) groups excluding carboxylic acids is 2. The standard InChI is InChI=1S/C38H69N2O16/c1-4-5-6-7-8-9-10-11-12-13-14-15-16-17-18-40(23(3)45)28-31(48)34(25(20-42)52-36(28)51)56-38-33(50)32(49)35(26(21-43)54-38)55-37-27(39-22(2)44)30(47)29(46)24(19-41)53-37/h24-38,41-43,46-50H,4-21H2,1-3H3,(H,39,44)/q-1/t24-,25-,26-,27-,28-,29-,30-,31-,32-,33-,34-,35+,36-,37-,38+/m1/s1. The minimum Gasteiger partial charge on any atom is -0.829 e. The summed E-state index contributed by atoms with van der Waals surface area (Å²) in [4.78, 5) is 25.9. The van der Waals surface area contributed by atoms with Gasteiger partial charge in [0.25, 0.3) is 0 Å². The maximum absolute atomic E-state index is 13.2. The number of aliphatic hydroxyl groups is 8. The Morgan fingerprint density at radius 1 is 0.607 bits per heavy atom. The minimum atomic E-state index is -1.95. The molecule has 0 aromatic rings. The minimum absolute atomic E-state index is 0.159. The normalized spacial score (nSPS) is 36.3. The fraction of sp³-hybridized carbons (Fsp3) is 0.947. The molecule has 0 unspecified atom stereocenters. The van der Waals surface area contributed by atoms with E-state index in [1.807, 2.05) is 0 Å². The summed E-state index contributed by atoms with van der Waals surface area (Å²) in [6, 6.07) is -2.85. The Balaban J connectivity index is 1.59. The van der Waals surface area contributed by atoms with Crippen LogP contribution >= 0.6 is 0 Å². The molecule has 3 heterocycles. The molecular formula is C38H69N2O16-. The maximum atomic E-state index is 13.2. The van der Waals surface area contributed by atoms with Gasteiger partial charge < -0.3 is 79.9 Å². The zero-order chi connectivity index (χ0) is 41.4. The Labute approximate surface area is 330 Å². The van der Waals surface area contributed by atoms with E-state index >= 15 is 0 Å². The molecule has 0 saturated carbocycles. The maximum Gasteiger partial charge on any atom is 0.219 e. The second-order valence-electron chi connectivity index (χ2n) is 15.4. The Hall–Kier alpha value is -1.62. The molecule has 18 heteroatoms. The molecule has 15 atom stereocenters. The predicted molar refractivity (Wildman–Crippen MR) is 196 cm³/mol. The van der Waals surface area contributed by atoms with E-state index < -0.39 is 124 Å². The van der Waals surface area contributed by atoms with Crippen molar-refractivity contribution in [2.24, 2.45) is 0 Å². The smallest absolute Gasteiger partial charge is 0.219 e. The van der Waals surface area contributed by atoms with Crippen molar-refractivity contribution in [1.29, 1.82) is 0 Å². The van der Waals surface area contributed by atoms with Gasteiger partial charge in [-0.1, -0.05) is 90.4 Å². The average Bonchev–Trinajstić information content (AvgIpc) is 3.16. The van der Waals surface area contributed by atoms with Crippen LogP contribution in [0.15, 0.2) is 0 Å². The molecule has 0 aromatic carbocycles. The number of unbranched alkanes of at least 4 members (excludes halogenated alkanes) is 13. The monoisotopic (exact) mass is 809 g/mol. The summed E-state index contributed by atoms with van der Waals surface area (Å²) in [5.41, 5.74) is 0. The van der Waals surface area contributed by atoms with Gasteiger partial charge in [-0.3, -0.25) is 9.59 Å². The number of aliphatic hydroxyl groups excluding tert-OH is 8. The molecular weight excluding hydrogens is 740 g/mol. The second kappa shape index (κ2) is 25.1. The molecule has 0 radical (unpaired) electrons. The fourth-order valence-corrected chi connectivity index (χ4v) is 7.77. The highest BCUT2D eigenvalue weighted by Crippen LogP contribution is 2.33. The van der Waals surface area contributed by atoms with Crippen molar-refractivity contribution in [2.45, 2.75) is 203 Å². The zero-order valence-corrected chi connectivity index (χ0v) is 33.2. The summed E-state index contributed by atoms with van der Waals surface area (Å²) >= 11 is 0. The summed E-state index contributed by atoms with van der Waals surface area (Å²) in [5, 5.41) is 100. The predicted octanol–water partition coefficient (Wildman–Crippen LogP) is -1.72. The Bertz CT molecular complexity index is 1120. The molecule has 3 aliphatic rings. The molecule has 0 bridgehead atoms. The van der Waals surface area contributed by atoms with Gasteiger partial charge in [0.05, 0.1) is 25.9 Å². The van der Waals surface area contributed by atoms with E-state index in [1.54, 1.807) is 0 Å². The van der Waals surface area contributed by atoms with Crippen LogP contribution in [0.1, 0.15) is 111 Å². The highest BCUT2D eigenvalue weighted by atomic mass is 16.7. The highest BCUT2D eigenvalue weighted by molar-refractivity contribution is 5.74. The topological polar surface area (TPSA) is 280 Å². The van der Waals surface area contributed by atoms with E-state index in [2.05, 4.69) is 12.2 Å². The first kappa shape index (κ1) is 48.7. The summed E-state index contributed by atoms with van der Waals surface area (Å²) in [6.07, 6.45) is -5.70. The van der Waals surface area contributed by atoms with Gasteiger partial charge >= 0.3 is 0 Å². The summed E-state index contributed by atoms with van der Waals surface area (Å²) < 4.78 is 28.4. The third kappa shape index (κ3) is 13.7. The molecule has 3 rings (SSSR count). The molecule has 18 nitrogen and oxygen atoms in total. The van der Waals surface area contributed by atoms with Gasteiger partial charge in [0.2, 0.25) is 11.8 Å². The summed E-state index contributed by atoms with van der Waals surface area (Å²) in [6.45, 7) is 2.40. The summed E-state index contributed by atoms with van der Waals surface area (Å²) in [5.74, 6) is -1.12. The number of nitrogens with one attached hydrogen (secondary N) is 1. The molecule has 0 aliphatic carbocycles. The lowest BCUT2D eigenvalue weighted by Gasteiger charge is -2.52. The van der Waals surface area contributed by atoms with Gasteiger partial charge in [-0.15, -0.1) is 0 Å². The Morgan fingerprint density at radius 2 is 1.07 bits per heavy atom.